The Balaban J connectivity index is 0.000000136. The number of nitrogens with one attached hydrogen (secondary N) is 3. The maximum atomic E-state index is 14.0. The zero-order valence-electron chi connectivity index (χ0n) is 65.5. The van der Waals surface area contributed by atoms with Gasteiger partial charge in [0.15, 0.2) is 17.1 Å². The van der Waals surface area contributed by atoms with Crippen LogP contribution in [0.5, 0.6) is 11.5 Å². The predicted octanol–water partition coefficient (Wildman–Crippen LogP) is 20.5. The Kier molecular flexibility index (Phi) is 25.5. The number of hydrogen-bond acceptors (Lipinski definition) is 11. The predicted molar refractivity (Wildman–Crippen MR) is 453 cm³/mol. The number of aromatic nitrogens is 6. The lowest BCUT2D eigenvalue weighted by Crippen LogP contribution is -2.47. The summed E-state index contributed by atoms with van der Waals surface area (Å²) in [6, 6.07) is 49.8. The number of methoxy groups -OCH3 is 2. The molecule has 115 heavy (non-hydrogen) atoms. The molecule has 0 spiro atoms. The number of esters is 1. The molecule has 596 valence electrons. The summed E-state index contributed by atoms with van der Waals surface area (Å²) in [5.74, 6) is 1.01. The molecule has 3 amide bonds. The van der Waals surface area contributed by atoms with Gasteiger partial charge in [-0.2, -0.15) is 15.3 Å². The van der Waals surface area contributed by atoms with E-state index in [1.165, 1.54) is 40.8 Å². The highest BCUT2D eigenvalue weighted by Gasteiger charge is 2.52. The number of carbonyl (C=O) groups excluding carboxylic acids is 4. The molecule has 3 aromatic heterocycles. The van der Waals surface area contributed by atoms with E-state index in [2.05, 4.69) is 77.6 Å². The highest BCUT2D eigenvalue weighted by Crippen LogP contribution is 2.50. The Labute approximate surface area is 691 Å². The van der Waals surface area contributed by atoms with Crippen LogP contribution in [0.4, 0.5) is 4.39 Å². The Morgan fingerprint density at radius 1 is 0.539 bits per heavy atom. The second-order valence-corrected chi connectivity index (χ2v) is 32.9. The van der Waals surface area contributed by atoms with Gasteiger partial charge < -0.3 is 24.8 Å². The van der Waals surface area contributed by atoms with Crippen LogP contribution in [0, 0.1) is 30.5 Å². The lowest BCUT2D eigenvalue weighted by Gasteiger charge is -2.30. The van der Waals surface area contributed by atoms with Gasteiger partial charge >= 0.3 is 5.97 Å². The monoisotopic (exact) mass is 1620 g/mol. The average molecular weight is 1630 g/mol. The van der Waals surface area contributed by atoms with E-state index >= 15 is 0 Å². The summed E-state index contributed by atoms with van der Waals surface area (Å²) >= 11 is 25.8. The zero-order chi connectivity index (χ0) is 79.8. The number of hydrazine groups is 1. The number of rotatable bonds is 17. The highest BCUT2D eigenvalue weighted by atomic mass is 35.5. The number of allylic oxidation sites excluding steroid dienone is 2. The van der Waals surface area contributed by atoms with Crippen LogP contribution in [-0.2, 0) is 41.6 Å². The molecule has 17 rings (SSSR count). The minimum atomic E-state index is -0.308. The Morgan fingerprint density at radius 2 is 1.08 bits per heavy atom. The smallest absolute Gasteiger partial charge is 0.311 e. The molecular weight excluding hydrogens is 1530 g/mol. The summed E-state index contributed by atoms with van der Waals surface area (Å²) in [5, 5.41) is 25.3. The summed E-state index contributed by atoms with van der Waals surface area (Å²) < 4.78 is 35.5. The normalized spacial score (nSPS) is 20.2. The fourth-order valence-electron chi connectivity index (χ4n) is 18.2. The molecule has 6 aliphatic carbocycles. The van der Waals surface area contributed by atoms with Crippen molar-refractivity contribution < 1.29 is 37.8 Å². The standard InChI is InChI=1S/C33H38FN3O3.C32H29Cl2N3O2.C28H30Cl2N4O2/c1-3-40-33(39)28-22-12-13-23(19-22)29(28)35-32(38)30-27-7-5-4-6-24(18-21-10-8-20(2)9-11-21)31(27)37(36-30)26-16-14-25(34)15-17-26;1-39-24-14-10-20(11-15-24)18-22-7-3-5-9-26-30(32(38)35-28-16-12-21-6-2-4-8-25(21)28)36-37(31(22)26)29-17-13-23(33)19-27(29)34;1-36-22-12-9-19(10-13-22)17-20-7-3-4-8-23-26(28(35)32-33-15-5-2-6-16-33)31-34(27(20)23)25-14-11-21(29)18-24(25)30/h8-11,14-17,22-24,28-29H,3-7,12-13,18-19H2,1-2H3,(H,35,38);2,4,6,8,10-11,13-15,17-19,28H,3,5,7,9,12,16H2,1H3,(H,35,38);9-14,17-18H,2-8,15-16H2,1H3,(H,32,35)/b;22-18+;20-17+/t22?,23?,24?,28-,29+;28-;/m01./s1. The topological polar surface area (TPSA) is 189 Å². The van der Waals surface area contributed by atoms with E-state index in [0.29, 0.717) is 55.2 Å². The molecule has 3 N–H and O–H groups in total. The second kappa shape index (κ2) is 36.6. The molecule has 17 nitrogen and oxygen atoms in total. The molecule has 10 aromatic rings. The third-order valence-corrected chi connectivity index (χ3v) is 24.9. The third-order valence-electron chi connectivity index (χ3n) is 23.8. The van der Waals surface area contributed by atoms with Crippen LogP contribution >= 0.6 is 46.4 Å². The maximum Gasteiger partial charge on any atom is 0.311 e. The van der Waals surface area contributed by atoms with E-state index in [-0.39, 0.29) is 65.3 Å². The van der Waals surface area contributed by atoms with Gasteiger partial charge in [-0.25, -0.2) is 23.4 Å². The van der Waals surface area contributed by atoms with Crippen molar-refractivity contribution in [1.82, 2.24) is 50.4 Å². The Hall–Kier alpha value is -9.82. The van der Waals surface area contributed by atoms with Gasteiger partial charge in [0.2, 0.25) is 0 Å². The molecule has 3 unspecified atom stereocenters. The number of ether oxygens (including phenoxy) is 3. The fourth-order valence-corrected chi connectivity index (χ4v) is 19.1. The molecule has 0 radical (unpaired) electrons. The first kappa shape index (κ1) is 80.4. The summed E-state index contributed by atoms with van der Waals surface area (Å²) in [7, 11) is 3.33. The van der Waals surface area contributed by atoms with Crippen LogP contribution < -0.4 is 25.5 Å². The van der Waals surface area contributed by atoms with Crippen molar-refractivity contribution in [2.75, 3.05) is 33.9 Å². The van der Waals surface area contributed by atoms with E-state index in [9.17, 15) is 23.6 Å². The largest absolute Gasteiger partial charge is 0.497 e. The number of hydrogen-bond donors (Lipinski definition) is 3. The van der Waals surface area contributed by atoms with Crippen molar-refractivity contribution >= 4 is 93.4 Å². The van der Waals surface area contributed by atoms with Crippen LogP contribution in [0.2, 0.25) is 20.1 Å². The van der Waals surface area contributed by atoms with Crippen molar-refractivity contribution in [3.63, 3.8) is 0 Å². The van der Waals surface area contributed by atoms with Gasteiger partial charge in [-0.1, -0.05) is 138 Å². The van der Waals surface area contributed by atoms with Crippen LogP contribution in [0.15, 0.2) is 158 Å². The number of carbonyl (C=O) groups is 4. The minimum Gasteiger partial charge on any atom is -0.497 e. The number of nitrogens with zero attached hydrogens (tertiary/aromatic N) is 7. The molecule has 2 bridgehead atoms. The molecule has 4 heterocycles. The van der Waals surface area contributed by atoms with Gasteiger partial charge in [-0.15, -0.1) is 0 Å². The number of piperidine rings is 1. The van der Waals surface area contributed by atoms with Gasteiger partial charge in [0.25, 0.3) is 17.7 Å². The molecule has 7 aromatic carbocycles. The van der Waals surface area contributed by atoms with Gasteiger partial charge in [-0.3, -0.25) is 24.6 Å². The first-order valence-corrected chi connectivity index (χ1v) is 42.2. The first-order valence-electron chi connectivity index (χ1n) is 40.7. The number of aryl methyl sites for hydroxylation is 2. The average Bonchev–Trinajstić information content (AvgIpc) is 1.62. The molecule has 7 aliphatic rings. The molecule has 1 aliphatic heterocycles. The number of fused-ring (bicyclic) bond motifs is 6. The first-order chi connectivity index (χ1) is 56.0. The minimum absolute atomic E-state index is 0.0197. The molecule has 6 atom stereocenters. The highest BCUT2D eigenvalue weighted by molar-refractivity contribution is 6.36. The maximum absolute atomic E-state index is 14.0. The lowest BCUT2D eigenvalue weighted by atomic mass is 9.84. The van der Waals surface area contributed by atoms with Crippen LogP contribution in [0.1, 0.15) is 220 Å². The number of halogens is 5. The molecular formula is C93H97Cl4FN10O7. The Morgan fingerprint density at radius 3 is 1.67 bits per heavy atom. The summed E-state index contributed by atoms with van der Waals surface area (Å²) in [4.78, 5) is 54.2. The molecule has 22 heteroatoms. The van der Waals surface area contributed by atoms with Crippen molar-refractivity contribution in [3.05, 3.63) is 268 Å². The SMILES string of the molecule is CCOC(=O)[C@H]1C2CCC(C2)[C@H]1NC(=O)c1nn(-c2ccc(F)cc2)c2c1CCCCC2Cc1ccc(C)cc1.COc1ccc(/C=C2\CCCCc3c(C(=O)NN4CCCCC4)nn(-c4ccc(Cl)cc4Cl)c32)cc1.COc1ccc(/C=C2\CCCCc3c(C(=O)N[C@@H]4CCc5ccccc54)nn(-c4ccc(Cl)cc4Cl)c32)cc1. The molecule has 3 fully saturated rings. The van der Waals surface area contributed by atoms with Crippen LogP contribution in [0.3, 0.4) is 0 Å². The summed E-state index contributed by atoms with van der Waals surface area (Å²) in [6.45, 7) is 5.97. The molecule has 1 saturated heterocycles. The van der Waals surface area contributed by atoms with Gasteiger partial charge in [0, 0.05) is 51.8 Å². The zero-order valence-corrected chi connectivity index (χ0v) is 68.5. The van der Waals surface area contributed by atoms with E-state index in [4.69, 9.17) is 75.9 Å². The van der Waals surface area contributed by atoms with Crippen molar-refractivity contribution in [2.24, 2.45) is 17.8 Å². The fraction of sp³-hybridized carbons (Fsp3) is 0.366. The third kappa shape index (κ3) is 18.1. The van der Waals surface area contributed by atoms with Crippen LogP contribution in [-0.4, -0.2) is 98.0 Å². The van der Waals surface area contributed by atoms with Crippen LogP contribution in [0.25, 0.3) is 40.4 Å². The summed E-state index contributed by atoms with van der Waals surface area (Å²) in [6.07, 6.45) is 24.5. The van der Waals surface area contributed by atoms with Gasteiger partial charge in [0.1, 0.15) is 17.3 Å². The van der Waals surface area contributed by atoms with E-state index in [0.717, 1.165) is 215 Å². The second-order valence-electron chi connectivity index (χ2n) is 31.3. The van der Waals surface area contributed by atoms with Gasteiger partial charge in [0.05, 0.1) is 77.0 Å². The Bertz CT molecular complexity index is 5260. The van der Waals surface area contributed by atoms with E-state index < -0.39 is 0 Å². The lowest BCUT2D eigenvalue weighted by molar-refractivity contribution is -0.150. The van der Waals surface area contributed by atoms with E-state index in [1.54, 1.807) is 50.6 Å². The van der Waals surface area contributed by atoms with Crippen molar-refractivity contribution in [2.45, 2.75) is 167 Å². The summed E-state index contributed by atoms with van der Waals surface area (Å²) in [5.41, 5.74) is 21.8. The number of amides is 3. The quantitative estimate of drug-likeness (QED) is 0.0581. The van der Waals surface area contributed by atoms with Crippen molar-refractivity contribution in [1.29, 1.82) is 0 Å². The van der Waals surface area contributed by atoms with E-state index in [1.807, 2.05) is 92.7 Å². The number of benzene rings is 7. The molecule has 2 saturated carbocycles. The van der Waals surface area contributed by atoms with Crippen molar-refractivity contribution in [3.8, 4) is 28.6 Å². The van der Waals surface area contributed by atoms with Gasteiger partial charge in [-0.05, 0) is 284 Å².